The molecule has 0 atom stereocenters. The van der Waals surface area contributed by atoms with Crippen LogP contribution in [0, 0.1) is 0 Å². The van der Waals surface area contributed by atoms with Crippen LogP contribution in [0.5, 0.6) is 5.88 Å². The Morgan fingerprint density at radius 3 is 2.94 bits per heavy atom. The zero-order chi connectivity index (χ0) is 12.8. The fourth-order valence-corrected chi connectivity index (χ4v) is 2.35. The number of pyridine rings is 1. The summed E-state index contributed by atoms with van der Waals surface area (Å²) in [5.74, 6) is 0.625. The van der Waals surface area contributed by atoms with Crippen molar-refractivity contribution >= 4 is 11.3 Å². The molecular formula is C13H17N3OS. The highest BCUT2D eigenvalue weighted by Crippen LogP contribution is 2.24. The first-order valence-electron chi connectivity index (χ1n) is 5.99. The van der Waals surface area contributed by atoms with E-state index in [1.807, 2.05) is 12.1 Å². The maximum absolute atomic E-state index is 5.04. The van der Waals surface area contributed by atoms with Gasteiger partial charge in [-0.1, -0.05) is 6.92 Å². The smallest absolute Gasteiger partial charge is 0.212 e. The molecule has 2 heterocycles. The van der Waals surface area contributed by atoms with Crippen molar-refractivity contribution in [2.24, 2.45) is 0 Å². The second kappa shape index (κ2) is 6.47. The van der Waals surface area contributed by atoms with Crippen LogP contribution in [0.4, 0.5) is 0 Å². The van der Waals surface area contributed by atoms with Gasteiger partial charge >= 0.3 is 0 Å². The summed E-state index contributed by atoms with van der Waals surface area (Å²) >= 11 is 1.64. The highest BCUT2D eigenvalue weighted by atomic mass is 32.1. The summed E-state index contributed by atoms with van der Waals surface area (Å²) in [6, 6.07) is 3.83. The Morgan fingerprint density at radius 1 is 1.39 bits per heavy atom. The molecule has 0 aliphatic heterocycles. The van der Waals surface area contributed by atoms with E-state index < -0.39 is 0 Å². The predicted octanol–water partition coefficient (Wildman–Crippen LogP) is 2.71. The first-order valence-corrected chi connectivity index (χ1v) is 6.87. The van der Waals surface area contributed by atoms with Crippen LogP contribution >= 0.6 is 11.3 Å². The summed E-state index contributed by atoms with van der Waals surface area (Å²) in [6.45, 7) is 4.01. The Bertz CT molecular complexity index is 481. The van der Waals surface area contributed by atoms with E-state index in [0.29, 0.717) is 5.88 Å². The molecule has 2 aromatic rings. The monoisotopic (exact) mass is 263 g/mol. The number of nitrogens with zero attached hydrogens (tertiary/aromatic N) is 2. The third-order valence-corrected chi connectivity index (χ3v) is 3.42. The van der Waals surface area contributed by atoms with Crippen LogP contribution in [0.25, 0.3) is 10.6 Å². The Hall–Kier alpha value is -1.46. The molecule has 0 radical (unpaired) electrons. The third kappa shape index (κ3) is 3.27. The second-order valence-electron chi connectivity index (χ2n) is 3.91. The Labute approximate surface area is 111 Å². The number of nitrogens with one attached hydrogen (secondary N) is 1. The standard InChI is InChI=1S/C13H17N3OS/c1-3-6-14-8-11-9-18-13(16-11)10-4-5-12(17-2)15-7-10/h4-5,7,9,14H,3,6,8H2,1-2H3. The molecule has 5 heteroatoms. The number of hydrogen-bond donors (Lipinski definition) is 1. The lowest BCUT2D eigenvalue weighted by Crippen LogP contribution is -2.13. The highest BCUT2D eigenvalue weighted by Gasteiger charge is 2.05. The van der Waals surface area contributed by atoms with Crippen molar-refractivity contribution in [3.8, 4) is 16.5 Å². The molecule has 2 aromatic heterocycles. The van der Waals surface area contributed by atoms with Crippen molar-refractivity contribution in [2.45, 2.75) is 19.9 Å². The molecule has 0 bridgehead atoms. The molecule has 0 unspecified atom stereocenters. The number of hydrogen-bond acceptors (Lipinski definition) is 5. The molecule has 0 aromatic carbocycles. The molecule has 0 aliphatic rings. The zero-order valence-electron chi connectivity index (χ0n) is 10.6. The molecule has 0 amide bonds. The fourth-order valence-electron chi connectivity index (χ4n) is 1.54. The number of rotatable bonds is 6. The molecule has 0 saturated heterocycles. The van der Waals surface area contributed by atoms with Gasteiger partial charge in [-0.2, -0.15) is 0 Å². The summed E-state index contributed by atoms with van der Waals surface area (Å²) in [5, 5.41) is 6.43. The van der Waals surface area contributed by atoms with Gasteiger partial charge in [0.2, 0.25) is 5.88 Å². The van der Waals surface area contributed by atoms with Gasteiger partial charge in [0.15, 0.2) is 0 Å². The average molecular weight is 263 g/mol. The van der Waals surface area contributed by atoms with Gasteiger partial charge in [0.05, 0.1) is 12.8 Å². The second-order valence-corrected chi connectivity index (χ2v) is 4.77. The van der Waals surface area contributed by atoms with Crippen molar-refractivity contribution < 1.29 is 4.74 Å². The molecular weight excluding hydrogens is 246 g/mol. The van der Waals surface area contributed by atoms with E-state index in [0.717, 1.165) is 35.8 Å². The molecule has 0 fully saturated rings. The molecule has 0 aliphatic carbocycles. The van der Waals surface area contributed by atoms with Crippen molar-refractivity contribution in [3.05, 3.63) is 29.4 Å². The largest absolute Gasteiger partial charge is 0.481 e. The van der Waals surface area contributed by atoms with Gasteiger partial charge in [-0.3, -0.25) is 0 Å². The molecule has 1 N–H and O–H groups in total. The number of methoxy groups -OCH3 is 1. The summed E-state index contributed by atoms with van der Waals surface area (Å²) in [7, 11) is 1.61. The van der Waals surface area contributed by atoms with Gasteiger partial charge in [-0.15, -0.1) is 11.3 Å². The lowest BCUT2D eigenvalue weighted by atomic mass is 10.3. The zero-order valence-corrected chi connectivity index (χ0v) is 11.5. The maximum atomic E-state index is 5.04. The van der Waals surface area contributed by atoms with E-state index in [2.05, 4.69) is 27.6 Å². The summed E-state index contributed by atoms with van der Waals surface area (Å²) < 4.78 is 5.04. The van der Waals surface area contributed by atoms with E-state index in [-0.39, 0.29) is 0 Å². The molecule has 18 heavy (non-hydrogen) atoms. The van der Waals surface area contributed by atoms with Crippen LogP contribution < -0.4 is 10.1 Å². The van der Waals surface area contributed by atoms with E-state index in [9.17, 15) is 0 Å². The lowest BCUT2D eigenvalue weighted by Gasteiger charge is -2.00. The van der Waals surface area contributed by atoms with Crippen molar-refractivity contribution in [2.75, 3.05) is 13.7 Å². The summed E-state index contributed by atoms with van der Waals surface area (Å²) in [4.78, 5) is 8.77. The number of aromatic nitrogens is 2. The van der Waals surface area contributed by atoms with Crippen molar-refractivity contribution in [1.29, 1.82) is 0 Å². The van der Waals surface area contributed by atoms with Crippen molar-refractivity contribution in [1.82, 2.24) is 15.3 Å². The van der Waals surface area contributed by atoms with Crippen LogP contribution in [-0.2, 0) is 6.54 Å². The Kier molecular flexibility index (Phi) is 4.66. The first-order chi connectivity index (χ1) is 8.83. The van der Waals surface area contributed by atoms with Crippen LogP contribution in [-0.4, -0.2) is 23.6 Å². The predicted molar refractivity (Wildman–Crippen MR) is 73.9 cm³/mol. The fraction of sp³-hybridized carbons (Fsp3) is 0.385. The lowest BCUT2D eigenvalue weighted by molar-refractivity contribution is 0.398. The molecule has 96 valence electrons. The van der Waals surface area contributed by atoms with Gasteiger partial charge < -0.3 is 10.1 Å². The third-order valence-electron chi connectivity index (χ3n) is 2.48. The number of thiazole rings is 1. The van der Waals surface area contributed by atoms with Crippen LogP contribution in [0.1, 0.15) is 19.0 Å². The SMILES string of the molecule is CCCNCc1csc(-c2ccc(OC)nc2)n1. The normalized spacial score (nSPS) is 10.6. The average Bonchev–Trinajstić information content (AvgIpc) is 2.88. The van der Waals surface area contributed by atoms with Gasteiger partial charge in [-0.05, 0) is 19.0 Å². The highest BCUT2D eigenvalue weighted by molar-refractivity contribution is 7.13. The van der Waals surface area contributed by atoms with Gasteiger partial charge in [-0.25, -0.2) is 9.97 Å². The Morgan fingerprint density at radius 2 is 2.28 bits per heavy atom. The van der Waals surface area contributed by atoms with Gasteiger partial charge in [0, 0.05) is 29.8 Å². The Balaban J connectivity index is 2.04. The van der Waals surface area contributed by atoms with E-state index in [4.69, 9.17) is 4.74 Å². The van der Waals surface area contributed by atoms with E-state index in [1.165, 1.54) is 0 Å². The minimum atomic E-state index is 0.625. The first kappa shape index (κ1) is 13.0. The minimum absolute atomic E-state index is 0.625. The van der Waals surface area contributed by atoms with E-state index >= 15 is 0 Å². The minimum Gasteiger partial charge on any atom is -0.481 e. The summed E-state index contributed by atoms with van der Waals surface area (Å²) in [6.07, 6.45) is 2.93. The van der Waals surface area contributed by atoms with Crippen LogP contribution in [0.2, 0.25) is 0 Å². The number of ether oxygens (including phenoxy) is 1. The van der Waals surface area contributed by atoms with Gasteiger partial charge in [0.25, 0.3) is 0 Å². The molecule has 0 spiro atoms. The topological polar surface area (TPSA) is 47.0 Å². The summed E-state index contributed by atoms with van der Waals surface area (Å²) in [5.41, 5.74) is 2.11. The van der Waals surface area contributed by atoms with Crippen LogP contribution in [0.15, 0.2) is 23.7 Å². The molecule has 2 rings (SSSR count). The quantitative estimate of drug-likeness (QED) is 0.814. The maximum Gasteiger partial charge on any atom is 0.212 e. The molecule has 4 nitrogen and oxygen atoms in total. The van der Waals surface area contributed by atoms with Gasteiger partial charge in [0.1, 0.15) is 5.01 Å². The van der Waals surface area contributed by atoms with Crippen LogP contribution in [0.3, 0.4) is 0 Å². The van der Waals surface area contributed by atoms with E-state index in [1.54, 1.807) is 24.6 Å². The molecule has 0 saturated carbocycles. The van der Waals surface area contributed by atoms with Crippen molar-refractivity contribution in [3.63, 3.8) is 0 Å².